The molecule has 1 aromatic rings. The zero-order valence-corrected chi connectivity index (χ0v) is 10.4. The van der Waals surface area contributed by atoms with Crippen LogP contribution in [0.5, 0.6) is 0 Å². The minimum absolute atomic E-state index is 0.0520. The van der Waals surface area contributed by atoms with E-state index in [1.54, 1.807) is 6.92 Å². The molecule has 1 rings (SSSR count). The number of hydrogen-bond donors (Lipinski definition) is 3. The summed E-state index contributed by atoms with van der Waals surface area (Å²) in [5.74, 6) is -0.785. The van der Waals surface area contributed by atoms with E-state index in [-0.39, 0.29) is 11.5 Å². The van der Waals surface area contributed by atoms with Crippen LogP contribution < -0.4 is 10.6 Å². The second-order valence-corrected chi connectivity index (χ2v) is 3.63. The number of hydrogen-bond acceptors (Lipinski definition) is 5. The maximum atomic E-state index is 11.2. The summed E-state index contributed by atoms with van der Waals surface area (Å²) >= 11 is 0. The normalized spacial score (nSPS) is 9.89. The second-order valence-electron chi connectivity index (χ2n) is 3.63. The van der Waals surface area contributed by atoms with Crippen molar-refractivity contribution in [1.82, 2.24) is 15.3 Å². The first-order chi connectivity index (χ1) is 8.54. The van der Waals surface area contributed by atoms with Gasteiger partial charge in [-0.05, 0) is 13.8 Å². The van der Waals surface area contributed by atoms with Crippen molar-refractivity contribution < 1.29 is 14.7 Å². The third kappa shape index (κ3) is 4.00. The van der Waals surface area contributed by atoms with Gasteiger partial charge in [-0.2, -0.15) is 0 Å². The van der Waals surface area contributed by atoms with E-state index in [1.807, 2.05) is 6.92 Å². The molecule has 3 N–H and O–H groups in total. The zero-order chi connectivity index (χ0) is 13.5. The number of nitrogens with zero attached hydrogens (tertiary/aromatic N) is 2. The topological polar surface area (TPSA) is 104 Å². The summed E-state index contributed by atoms with van der Waals surface area (Å²) in [6, 6.07) is 0. The van der Waals surface area contributed by atoms with E-state index in [1.165, 1.54) is 6.20 Å². The summed E-state index contributed by atoms with van der Waals surface area (Å²) in [5.41, 5.74) is 0.460. The van der Waals surface area contributed by atoms with Crippen molar-refractivity contribution in [2.45, 2.75) is 20.3 Å². The number of carboxylic acid groups (broad SMARTS) is 1. The molecule has 0 unspecified atom stereocenters. The van der Waals surface area contributed by atoms with Crippen molar-refractivity contribution in [3.05, 3.63) is 17.5 Å². The van der Waals surface area contributed by atoms with Gasteiger partial charge in [0.05, 0.1) is 11.3 Å². The SMILES string of the molecule is CCNC(=O)CCNc1ncc(C(=O)O)c(C)n1. The Morgan fingerprint density at radius 3 is 2.72 bits per heavy atom. The minimum Gasteiger partial charge on any atom is -0.478 e. The number of carbonyl (C=O) groups excluding carboxylic acids is 1. The molecule has 1 aromatic heterocycles. The summed E-state index contributed by atoms with van der Waals surface area (Å²) in [6.07, 6.45) is 1.57. The lowest BCUT2D eigenvalue weighted by molar-refractivity contribution is -0.120. The monoisotopic (exact) mass is 252 g/mol. The summed E-state index contributed by atoms with van der Waals surface area (Å²) < 4.78 is 0. The molecule has 0 atom stereocenters. The van der Waals surface area contributed by atoms with Gasteiger partial charge in [-0.3, -0.25) is 4.79 Å². The lowest BCUT2D eigenvalue weighted by atomic mass is 10.2. The molecule has 0 bridgehead atoms. The number of amides is 1. The molecule has 0 aliphatic rings. The smallest absolute Gasteiger partial charge is 0.339 e. The van der Waals surface area contributed by atoms with E-state index < -0.39 is 5.97 Å². The highest BCUT2D eigenvalue weighted by molar-refractivity contribution is 5.88. The van der Waals surface area contributed by atoms with Crippen LogP contribution in [0.2, 0.25) is 0 Å². The Hall–Kier alpha value is -2.18. The van der Waals surface area contributed by atoms with Gasteiger partial charge in [-0.15, -0.1) is 0 Å². The summed E-state index contributed by atoms with van der Waals surface area (Å²) in [6.45, 7) is 4.45. The molecule has 0 fully saturated rings. The van der Waals surface area contributed by atoms with Gasteiger partial charge in [0.2, 0.25) is 11.9 Å². The van der Waals surface area contributed by atoms with Crippen LogP contribution in [0.1, 0.15) is 29.4 Å². The van der Waals surface area contributed by atoms with Crippen molar-refractivity contribution in [3.8, 4) is 0 Å². The Bertz CT molecular complexity index is 448. The van der Waals surface area contributed by atoms with E-state index >= 15 is 0 Å². The van der Waals surface area contributed by atoms with Crippen molar-refractivity contribution in [1.29, 1.82) is 0 Å². The highest BCUT2D eigenvalue weighted by atomic mass is 16.4. The highest BCUT2D eigenvalue weighted by Gasteiger charge is 2.09. The molecule has 7 heteroatoms. The fourth-order valence-corrected chi connectivity index (χ4v) is 1.34. The van der Waals surface area contributed by atoms with E-state index in [0.29, 0.717) is 31.2 Å². The standard InChI is InChI=1S/C11H16N4O3/c1-3-12-9(16)4-5-13-11-14-6-8(10(17)18)7(2)15-11/h6H,3-5H2,1-2H3,(H,12,16)(H,17,18)(H,13,14,15). The molecule has 0 aliphatic heterocycles. The molecule has 7 nitrogen and oxygen atoms in total. The molecule has 0 saturated carbocycles. The molecule has 18 heavy (non-hydrogen) atoms. The Labute approximate surface area is 105 Å². The van der Waals surface area contributed by atoms with Crippen LogP contribution in [0.4, 0.5) is 5.95 Å². The average Bonchev–Trinajstić information content (AvgIpc) is 2.29. The number of aromatic nitrogens is 2. The first-order valence-corrected chi connectivity index (χ1v) is 5.62. The molecule has 0 aromatic carbocycles. The fourth-order valence-electron chi connectivity index (χ4n) is 1.34. The Morgan fingerprint density at radius 2 is 2.17 bits per heavy atom. The van der Waals surface area contributed by atoms with Crippen LogP contribution in [-0.4, -0.2) is 40.0 Å². The number of nitrogens with one attached hydrogen (secondary N) is 2. The van der Waals surface area contributed by atoms with E-state index in [0.717, 1.165) is 0 Å². The molecular weight excluding hydrogens is 236 g/mol. The second kappa shape index (κ2) is 6.53. The van der Waals surface area contributed by atoms with Gasteiger partial charge >= 0.3 is 5.97 Å². The van der Waals surface area contributed by atoms with Gasteiger partial charge in [0.25, 0.3) is 0 Å². The summed E-state index contributed by atoms with van der Waals surface area (Å²) in [4.78, 5) is 29.8. The van der Waals surface area contributed by atoms with E-state index in [4.69, 9.17) is 5.11 Å². The zero-order valence-electron chi connectivity index (χ0n) is 10.4. The molecule has 0 saturated heterocycles. The minimum atomic E-state index is -1.05. The molecule has 1 heterocycles. The van der Waals surface area contributed by atoms with Gasteiger partial charge < -0.3 is 15.7 Å². The first kappa shape index (κ1) is 13.9. The van der Waals surface area contributed by atoms with Crippen LogP contribution in [-0.2, 0) is 4.79 Å². The molecular formula is C11H16N4O3. The third-order valence-corrected chi connectivity index (χ3v) is 2.22. The first-order valence-electron chi connectivity index (χ1n) is 5.62. The summed E-state index contributed by atoms with van der Waals surface area (Å²) in [5, 5.41) is 14.3. The quantitative estimate of drug-likeness (QED) is 0.678. The van der Waals surface area contributed by atoms with Gasteiger partial charge in [0.15, 0.2) is 0 Å². The number of aryl methyl sites for hydroxylation is 1. The molecule has 0 radical (unpaired) electrons. The lowest BCUT2D eigenvalue weighted by Crippen LogP contribution is -2.25. The molecule has 0 aliphatic carbocycles. The van der Waals surface area contributed by atoms with Gasteiger partial charge in [-0.1, -0.05) is 0 Å². The lowest BCUT2D eigenvalue weighted by Gasteiger charge is -2.06. The average molecular weight is 252 g/mol. The fraction of sp³-hybridized carbons (Fsp3) is 0.455. The van der Waals surface area contributed by atoms with Gasteiger partial charge in [0.1, 0.15) is 0 Å². The predicted octanol–water partition coefficient (Wildman–Crippen LogP) is 0.421. The number of rotatable bonds is 6. The van der Waals surface area contributed by atoms with Gasteiger partial charge in [-0.25, -0.2) is 14.8 Å². The van der Waals surface area contributed by atoms with Crippen molar-refractivity contribution >= 4 is 17.8 Å². The highest BCUT2D eigenvalue weighted by Crippen LogP contribution is 2.06. The maximum Gasteiger partial charge on any atom is 0.339 e. The van der Waals surface area contributed by atoms with E-state index in [2.05, 4.69) is 20.6 Å². The number of carboxylic acids is 1. The molecule has 98 valence electrons. The Balaban J connectivity index is 2.51. The predicted molar refractivity (Wildman–Crippen MR) is 65.5 cm³/mol. The number of aromatic carboxylic acids is 1. The Kier molecular flexibility index (Phi) is 5.04. The Morgan fingerprint density at radius 1 is 1.44 bits per heavy atom. The van der Waals surface area contributed by atoms with Crippen molar-refractivity contribution in [3.63, 3.8) is 0 Å². The number of anilines is 1. The molecule has 1 amide bonds. The van der Waals surface area contributed by atoms with Crippen molar-refractivity contribution in [2.24, 2.45) is 0 Å². The van der Waals surface area contributed by atoms with Crippen LogP contribution in [0.15, 0.2) is 6.20 Å². The van der Waals surface area contributed by atoms with Crippen LogP contribution in [0.25, 0.3) is 0 Å². The van der Waals surface area contributed by atoms with E-state index in [9.17, 15) is 9.59 Å². The van der Waals surface area contributed by atoms with Crippen molar-refractivity contribution in [2.75, 3.05) is 18.4 Å². The third-order valence-electron chi connectivity index (χ3n) is 2.22. The number of carbonyl (C=O) groups is 2. The van der Waals surface area contributed by atoms with Crippen LogP contribution in [0, 0.1) is 6.92 Å². The van der Waals surface area contributed by atoms with Crippen LogP contribution in [0.3, 0.4) is 0 Å². The largest absolute Gasteiger partial charge is 0.478 e. The van der Waals surface area contributed by atoms with Crippen LogP contribution >= 0.6 is 0 Å². The van der Waals surface area contributed by atoms with Gasteiger partial charge in [0, 0.05) is 25.7 Å². The maximum absolute atomic E-state index is 11.2. The molecule has 0 spiro atoms. The summed E-state index contributed by atoms with van der Waals surface area (Å²) in [7, 11) is 0.